The average molecular weight is 1360 g/mol. The molecule has 7 aromatic rings. The third-order valence-electron chi connectivity index (χ3n) is 21.0. The summed E-state index contributed by atoms with van der Waals surface area (Å²) in [5, 5.41) is 66.3. The molecule has 0 spiro atoms. The molecule has 0 saturated heterocycles. The molecule has 3 aliphatic rings. The predicted molar refractivity (Wildman–Crippen MR) is 386 cm³/mol. The monoisotopic (exact) mass is 1360 g/mol. The molecule has 0 aromatic heterocycles. The molecule has 3 aliphatic carbocycles. The quantitative estimate of drug-likeness (QED) is 0.0212. The average Bonchev–Trinajstić information content (AvgIpc) is 0.786. The van der Waals surface area contributed by atoms with Crippen molar-refractivity contribution in [3.8, 4) is 67.9 Å². The third-order valence-corrected chi connectivity index (χ3v) is 21.0. The van der Waals surface area contributed by atoms with Gasteiger partial charge in [0.15, 0.2) is 20.4 Å². The van der Waals surface area contributed by atoms with Crippen LogP contribution >= 0.6 is 0 Å². The minimum Gasteiger partial charge on any atom is -0.488 e. The molecule has 0 unspecified atom stereocenters. The van der Waals surface area contributed by atoms with Crippen LogP contribution in [0.3, 0.4) is 0 Å². The number of ether oxygens (including phenoxy) is 9. The summed E-state index contributed by atoms with van der Waals surface area (Å²) in [6, 6.07) is 39.9. The van der Waals surface area contributed by atoms with Crippen LogP contribution in [-0.2, 0) is 73.7 Å². The fourth-order valence-electron chi connectivity index (χ4n) is 15.2. The Bertz CT molecular complexity index is 3190. The van der Waals surface area contributed by atoms with Crippen LogP contribution in [0.4, 0.5) is 0 Å². The summed E-state index contributed by atoms with van der Waals surface area (Å²) in [6.07, 6.45) is 10.8. The topological polar surface area (TPSA) is 204 Å². The molecular formula is C84H108O15. The van der Waals surface area contributed by atoms with Crippen LogP contribution in [0.25, 0.3) is 33.4 Å². The van der Waals surface area contributed by atoms with E-state index in [0.717, 1.165) is 36.0 Å². The van der Waals surface area contributed by atoms with Gasteiger partial charge in [-0.2, -0.15) is 0 Å². The van der Waals surface area contributed by atoms with Crippen molar-refractivity contribution in [2.45, 2.75) is 198 Å². The van der Waals surface area contributed by atoms with Crippen LogP contribution in [-0.4, -0.2) is 69.3 Å². The minimum atomic E-state index is -0.396. The lowest BCUT2D eigenvalue weighted by molar-refractivity contribution is -0.0919. The summed E-state index contributed by atoms with van der Waals surface area (Å²) in [6.45, 7) is 19.0. The smallest absolute Gasteiger partial charge is 0.189 e. The first kappa shape index (κ1) is 74.7. The molecule has 0 radical (unpaired) electrons. The molecular weight excluding hydrogens is 1250 g/mol. The van der Waals surface area contributed by atoms with Gasteiger partial charge < -0.3 is 73.3 Å². The van der Waals surface area contributed by atoms with Crippen molar-refractivity contribution in [2.24, 2.45) is 53.3 Å². The Morgan fingerprint density at radius 3 is 0.737 bits per heavy atom. The van der Waals surface area contributed by atoms with Crippen molar-refractivity contribution < 1.29 is 73.3 Å². The summed E-state index contributed by atoms with van der Waals surface area (Å²) in [4.78, 5) is 0. The minimum absolute atomic E-state index is 0.151. The lowest BCUT2D eigenvalue weighted by atomic mass is 9.75. The Morgan fingerprint density at radius 1 is 0.303 bits per heavy atom. The summed E-state index contributed by atoms with van der Waals surface area (Å²) in [5.41, 5.74) is 9.33. The van der Waals surface area contributed by atoms with Crippen LogP contribution in [0.2, 0.25) is 0 Å². The molecule has 0 heterocycles. The number of rotatable bonds is 33. The van der Waals surface area contributed by atoms with Gasteiger partial charge in [-0.1, -0.05) is 118 Å². The lowest BCUT2D eigenvalue weighted by Gasteiger charge is -2.36. The van der Waals surface area contributed by atoms with Gasteiger partial charge in [-0.3, -0.25) is 0 Å². The van der Waals surface area contributed by atoms with Crippen LogP contribution < -0.4 is 28.4 Å². The molecule has 6 N–H and O–H groups in total. The largest absolute Gasteiger partial charge is 0.488 e. The number of benzene rings is 7. The van der Waals surface area contributed by atoms with Crippen molar-refractivity contribution in [1.29, 1.82) is 0 Å². The van der Waals surface area contributed by atoms with Crippen molar-refractivity contribution in [1.82, 2.24) is 0 Å². The van der Waals surface area contributed by atoms with Gasteiger partial charge in [-0.25, -0.2) is 0 Å². The SMILES string of the molecule is CC(C)[C@@H]1CC[C@@H](C)C[C@H]1OCOc1ccc(COc2c(CO)cc(-c3cc(-c4cc(CO)c(OCc5ccc(OCO[C@@H]6C[C@H](C)CC[C@H]6C(C)C)cc5)c(CO)c4)cc(-c4cc(CO)c(OCc5ccc(OCO[C@@H]6C[C@H](C)CC[C@H]6C(C)C)cc5)c(CO)c4)c3)cc2CO)cc1. The first-order chi connectivity index (χ1) is 47.9. The predicted octanol–water partition coefficient (Wildman–Crippen LogP) is 16.8. The number of hydrogen-bond donors (Lipinski definition) is 6. The van der Waals surface area contributed by atoms with E-state index in [0.29, 0.717) is 155 Å². The molecule has 99 heavy (non-hydrogen) atoms. The molecule has 15 nitrogen and oxygen atoms in total. The number of aliphatic hydroxyl groups excluding tert-OH is 6. The highest BCUT2D eigenvalue weighted by molar-refractivity contribution is 5.83. The van der Waals surface area contributed by atoms with Crippen molar-refractivity contribution in [3.05, 3.63) is 177 Å². The standard InChI is InChI=1S/C84H108O15/c1-52(2)76-25-10-55(7)28-79(76)97-49-94-73-19-13-58(14-20-73)46-91-82-67(40-85)34-64(35-68(82)41-86)61-31-62(65-36-69(42-87)83(70(37-65)43-88)92-47-59-15-21-74(22-16-59)95-50-98-80-29-56(8)11-26-77(80)53(3)4)33-63(32-61)66-38-71(44-89)84(72(39-66)45-90)93-48-60-17-23-75(24-18-60)96-51-99-81-30-57(9)12-27-78(81)54(5)6/h13-24,31-39,52-57,76-81,85-90H,10-12,25-30,40-51H2,1-9H3/t55-,56-,57-,76+,77+,78+,79-,80-,81-/m1/s1. The Balaban J connectivity index is 0.897. The molecule has 10 rings (SSSR count). The van der Waals surface area contributed by atoms with Crippen molar-refractivity contribution in [3.63, 3.8) is 0 Å². The first-order valence-corrected chi connectivity index (χ1v) is 36.1. The van der Waals surface area contributed by atoms with E-state index in [1.807, 2.05) is 127 Å². The first-order valence-electron chi connectivity index (χ1n) is 36.1. The molecule has 7 aromatic carbocycles. The molecule has 0 aliphatic heterocycles. The van der Waals surface area contributed by atoms with Crippen molar-refractivity contribution in [2.75, 3.05) is 20.4 Å². The van der Waals surface area contributed by atoms with E-state index in [2.05, 4.69) is 62.3 Å². The molecule has 3 fully saturated rings. The van der Waals surface area contributed by atoms with Gasteiger partial charge in [0.05, 0.1) is 58.0 Å². The molecule has 534 valence electrons. The van der Waals surface area contributed by atoms with E-state index < -0.39 is 39.6 Å². The van der Waals surface area contributed by atoms with Gasteiger partial charge in [-0.15, -0.1) is 0 Å². The summed E-state index contributed by atoms with van der Waals surface area (Å²) in [5.74, 6) is 8.15. The van der Waals surface area contributed by atoms with E-state index in [-0.39, 0.29) is 58.5 Å². The van der Waals surface area contributed by atoms with Crippen LogP contribution in [0.1, 0.15) is 170 Å². The Kier molecular flexibility index (Phi) is 27.2. The lowest BCUT2D eigenvalue weighted by Crippen LogP contribution is -2.35. The zero-order valence-corrected chi connectivity index (χ0v) is 59.8. The highest BCUT2D eigenvalue weighted by atomic mass is 16.7. The van der Waals surface area contributed by atoms with E-state index in [4.69, 9.17) is 42.6 Å². The zero-order chi connectivity index (χ0) is 70.1. The van der Waals surface area contributed by atoms with Gasteiger partial charge in [0.1, 0.15) is 54.3 Å². The normalized spacial score (nSPS) is 21.1. The van der Waals surface area contributed by atoms with Gasteiger partial charge in [0, 0.05) is 33.4 Å². The maximum absolute atomic E-state index is 11.1. The number of hydrogen-bond acceptors (Lipinski definition) is 15. The van der Waals surface area contributed by atoms with Gasteiger partial charge in [0.25, 0.3) is 0 Å². The van der Waals surface area contributed by atoms with E-state index >= 15 is 0 Å². The maximum atomic E-state index is 11.1. The zero-order valence-electron chi connectivity index (χ0n) is 59.8. The van der Waals surface area contributed by atoms with Gasteiger partial charge >= 0.3 is 0 Å². The molecule has 3 saturated carbocycles. The van der Waals surface area contributed by atoms with Crippen LogP contribution in [0.5, 0.6) is 34.5 Å². The Hall–Kier alpha value is -7.02. The van der Waals surface area contributed by atoms with Gasteiger partial charge in [0.2, 0.25) is 0 Å². The highest BCUT2D eigenvalue weighted by Crippen LogP contribution is 2.43. The molecule has 0 bridgehead atoms. The Labute approximate surface area is 587 Å². The van der Waals surface area contributed by atoms with Crippen LogP contribution in [0.15, 0.2) is 127 Å². The van der Waals surface area contributed by atoms with Crippen LogP contribution in [0, 0.1) is 53.3 Å². The van der Waals surface area contributed by atoms with Gasteiger partial charge in [-0.05, 0) is 233 Å². The van der Waals surface area contributed by atoms with E-state index in [9.17, 15) is 30.6 Å². The summed E-state index contributed by atoms with van der Waals surface area (Å²) < 4.78 is 56.5. The fourth-order valence-corrected chi connectivity index (χ4v) is 15.2. The Morgan fingerprint density at radius 2 is 0.525 bits per heavy atom. The molecule has 15 heteroatoms. The molecule has 9 atom stereocenters. The molecule has 0 amide bonds. The summed E-state index contributed by atoms with van der Waals surface area (Å²) >= 11 is 0. The third kappa shape index (κ3) is 19.7. The summed E-state index contributed by atoms with van der Waals surface area (Å²) in [7, 11) is 0. The second-order valence-corrected chi connectivity index (χ2v) is 29.3. The highest BCUT2D eigenvalue weighted by Gasteiger charge is 2.34. The second kappa shape index (κ2) is 36.0. The fraction of sp³-hybridized carbons (Fsp3) is 0.500. The number of aliphatic hydroxyl groups is 6. The second-order valence-electron chi connectivity index (χ2n) is 29.3. The maximum Gasteiger partial charge on any atom is 0.189 e. The van der Waals surface area contributed by atoms with Crippen molar-refractivity contribution >= 4 is 0 Å². The van der Waals surface area contributed by atoms with E-state index in [1.165, 1.54) is 38.5 Å². The van der Waals surface area contributed by atoms with E-state index in [1.54, 1.807) is 0 Å².